The van der Waals surface area contributed by atoms with Crippen LogP contribution in [0, 0.1) is 5.92 Å². The maximum absolute atomic E-state index is 11.4. The fourth-order valence-corrected chi connectivity index (χ4v) is 2.39. The van der Waals surface area contributed by atoms with Gasteiger partial charge in [-0.1, -0.05) is 42.5 Å². The van der Waals surface area contributed by atoms with E-state index in [9.17, 15) is 4.79 Å². The van der Waals surface area contributed by atoms with Gasteiger partial charge in [0.15, 0.2) is 0 Å². The van der Waals surface area contributed by atoms with Gasteiger partial charge in [0.05, 0.1) is 18.0 Å². The van der Waals surface area contributed by atoms with Crippen molar-refractivity contribution < 1.29 is 9.53 Å². The van der Waals surface area contributed by atoms with Crippen LogP contribution in [0.4, 0.5) is 0 Å². The third kappa shape index (κ3) is 2.82. The third-order valence-electron chi connectivity index (χ3n) is 2.97. The summed E-state index contributed by atoms with van der Waals surface area (Å²) < 4.78 is 4.76. The Morgan fingerprint density at radius 2 is 2.18 bits per heavy atom. The van der Waals surface area contributed by atoms with Gasteiger partial charge in [-0.25, -0.2) is 0 Å². The number of hydrogen-bond donors (Lipinski definition) is 0. The van der Waals surface area contributed by atoms with E-state index in [1.165, 1.54) is 12.7 Å². The van der Waals surface area contributed by atoms with Crippen molar-refractivity contribution in [2.45, 2.75) is 13.0 Å². The number of nitrogens with zero attached hydrogens (tertiary/aromatic N) is 1. The lowest BCUT2D eigenvalue weighted by molar-refractivity contribution is -0.144. The first kappa shape index (κ1) is 12.0. The van der Waals surface area contributed by atoms with Crippen molar-refractivity contribution in [1.29, 1.82) is 0 Å². The van der Waals surface area contributed by atoms with E-state index in [4.69, 9.17) is 17.0 Å². The van der Waals surface area contributed by atoms with Crippen LogP contribution in [0.1, 0.15) is 12.0 Å². The number of hydrogen-bond acceptors (Lipinski definition) is 3. The number of benzene rings is 1. The highest BCUT2D eigenvalue weighted by Crippen LogP contribution is 2.22. The van der Waals surface area contributed by atoms with Crippen molar-refractivity contribution in [2.75, 3.05) is 13.7 Å². The predicted octanol–water partition coefficient (Wildman–Crippen LogP) is 2.01. The number of rotatable bonds is 3. The van der Waals surface area contributed by atoms with Gasteiger partial charge in [0, 0.05) is 19.5 Å². The summed E-state index contributed by atoms with van der Waals surface area (Å²) in [5, 5.41) is 0. The molecular weight excluding hydrogens is 234 g/mol. The minimum Gasteiger partial charge on any atom is -0.469 e. The van der Waals surface area contributed by atoms with Crippen LogP contribution >= 0.6 is 12.2 Å². The van der Waals surface area contributed by atoms with Crippen molar-refractivity contribution in [1.82, 2.24) is 4.90 Å². The zero-order valence-electron chi connectivity index (χ0n) is 9.76. The summed E-state index contributed by atoms with van der Waals surface area (Å²) in [6, 6.07) is 10.1. The molecule has 1 saturated heterocycles. The first-order valence-electron chi connectivity index (χ1n) is 5.60. The molecule has 2 rings (SSSR count). The Labute approximate surface area is 106 Å². The van der Waals surface area contributed by atoms with Crippen LogP contribution in [-0.4, -0.2) is 29.5 Å². The number of carbonyl (C=O) groups excluding carboxylic acids is 1. The Kier molecular flexibility index (Phi) is 3.74. The second kappa shape index (κ2) is 5.27. The SMILES string of the molecule is COC(=O)C1CC(=S)N(Cc2ccccc2)C1. The molecule has 0 aromatic heterocycles. The lowest BCUT2D eigenvalue weighted by Crippen LogP contribution is -2.25. The van der Waals surface area contributed by atoms with Crippen molar-refractivity contribution in [3.05, 3.63) is 35.9 Å². The Bertz CT molecular complexity index is 419. The first-order chi connectivity index (χ1) is 8.20. The lowest BCUT2D eigenvalue weighted by Gasteiger charge is -2.18. The van der Waals surface area contributed by atoms with Crippen LogP contribution < -0.4 is 0 Å². The molecule has 17 heavy (non-hydrogen) atoms. The van der Waals surface area contributed by atoms with Gasteiger partial charge in [-0.3, -0.25) is 4.79 Å². The maximum atomic E-state index is 11.4. The minimum atomic E-state index is -0.164. The van der Waals surface area contributed by atoms with Crippen molar-refractivity contribution in [3.63, 3.8) is 0 Å². The van der Waals surface area contributed by atoms with Crippen LogP contribution in [0.25, 0.3) is 0 Å². The molecule has 0 N–H and O–H groups in total. The number of likely N-dealkylation sites (tertiary alicyclic amines) is 1. The molecule has 0 spiro atoms. The van der Waals surface area contributed by atoms with Crippen LogP contribution in [-0.2, 0) is 16.1 Å². The smallest absolute Gasteiger partial charge is 0.310 e. The molecule has 0 radical (unpaired) electrons. The summed E-state index contributed by atoms with van der Waals surface area (Å²) in [6.07, 6.45) is 0.634. The van der Waals surface area contributed by atoms with Crippen molar-refractivity contribution in [2.24, 2.45) is 5.92 Å². The average molecular weight is 249 g/mol. The monoisotopic (exact) mass is 249 g/mol. The fraction of sp³-hybridized carbons (Fsp3) is 0.385. The van der Waals surface area contributed by atoms with Gasteiger partial charge in [-0.2, -0.15) is 0 Å². The third-order valence-corrected chi connectivity index (χ3v) is 3.39. The number of carbonyl (C=O) groups is 1. The zero-order valence-corrected chi connectivity index (χ0v) is 10.6. The second-order valence-corrected chi connectivity index (χ2v) is 4.66. The molecule has 1 aromatic carbocycles. The van der Waals surface area contributed by atoms with Gasteiger partial charge in [0.25, 0.3) is 0 Å². The van der Waals surface area contributed by atoms with E-state index in [-0.39, 0.29) is 11.9 Å². The molecule has 3 nitrogen and oxygen atoms in total. The highest BCUT2D eigenvalue weighted by atomic mass is 32.1. The molecule has 0 amide bonds. The summed E-state index contributed by atoms with van der Waals surface area (Å²) >= 11 is 5.30. The number of thiocarbonyl (C=S) groups is 1. The van der Waals surface area contributed by atoms with E-state index >= 15 is 0 Å². The zero-order chi connectivity index (χ0) is 12.3. The Balaban J connectivity index is 1.99. The number of esters is 1. The molecule has 1 atom stereocenters. The van der Waals surface area contributed by atoms with E-state index < -0.39 is 0 Å². The molecule has 0 aliphatic carbocycles. The van der Waals surface area contributed by atoms with Crippen LogP contribution in [0.5, 0.6) is 0 Å². The van der Waals surface area contributed by atoms with Gasteiger partial charge >= 0.3 is 5.97 Å². The minimum absolute atomic E-state index is 0.101. The molecular formula is C13H15NO2S. The molecule has 1 aliphatic heterocycles. The van der Waals surface area contributed by atoms with Crippen LogP contribution in [0.3, 0.4) is 0 Å². The topological polar surface area (TPSA) is 29.5 Å². The van der Waals surface area contributed by atoms with Crippen LogP contribution in [0.2, 0.25) is 0 Å². The van der Waals surface area contributed by atoms with Crippen molar-refractivity contribution >= 4 is 23.2 Å². The average Bonchev–Trinajstić information content (AvgIpc) is 2.71. The first-order valence-corrected chi connectivity index (χ1v) is 6.01. The van der Waals surface area contributed by atoms with E-state index in [2.05, 4.69) is 17.0 Å². The molecule has 90 valence electrons. The Hall–Kier alpha value is -1.42. The van der Waals surface area contributed by atoms with Gasteiger partial charge in [-0.15, -0.1) is 0 Å². The van der Waals surface area contributed by atoms with Gasteiger partial charge in [-0.05, 0) is 5.56 Å². The highest BCUT2D eigenvalue weighted by Gasteiger charge is 2.32. The van der Waals surface area contributed by atoms with Gasteiger partial charge < -0.3 is 9.64 Å². The van der Waals surface area contributed by atoms with Gasteiger partial charge in [0.2, 0.25) is 0 Å². The quantitative estimate of drug-likeness (QED) is 0.605. The van der Waals surface area contributed by atoms with E-state index in [0.29, 0.717) is 13.0 Å². The molecule has 1 fully saturated rings. The van der Waals surface area contributed by atoms with E-state index in [0.717, 1.165) is 11.5 Å². The Morgan fingerprint density at radius 1 is 1.47 bits per heavy atom. The molecule has 1 aliphatic rings. The maximum Gasteiger partial charge on any atom is 0.310 e. The van der Waals surface area contributed by atoms with Crippen LogP contribution in [0.15, 0.2) is 30.3 Å². The molecule has 1 aromatic rings. The fourth-order valence-electron chi connectivity index (χ4n) is 2.05. The molecule has 0 saturated carbocycles. The number of methoxy groups -OCH3 is 1. The Morgan fingerprint density at radius 3 is 2.82 bits per heavy atom. The summed E-state index contributed by atoms with van der Waals surface area (Å²) in [4.78, 5) is 14.4. The predicted molar refractivity (Wildman–Crippen MR) is 69.6 cm³/mol. The summed E-state index contributed by atoms with van der Waals surface area (Å²) in [5.74, 6) is -0.265. The molecule has 1 heterocycles. The molecule has 1 unspecified atom stereocenters. The normalized spacial score (nSPS) is 19.5. The highest BCUT2D eigenvalue weighted by molar-refractivity contribution is 7.80. The lowest BCUT2D eigenvalue weighted by atomic mass is 10.1. The second-order valence-electron chi connectivity index (χ2n) is 4.18. The standard InChI is InChI=1S/C13H15NO2S/c1-16-13(15)11-7-12(17)14(9-11)8-10-5-3-2-4-6-10/h2-6,11H,7-9H2,1H3. The van der Waals surface area contributed by atoms with E-state index in [1.807, 2.05) is 18.2 Å². The van der Waals surface area contributed by atoms with E-state index in [1.54, 1.807) is 0 Å². The van der Waals surface area contributed by atoms with Crippen molar-refractivity contribution in [3.8, 4) is 0 Å². The summed E-state index contributed by atoms with van der Waals surface area (Å²) in [6.45, 7) is 1.44. The molecule has 4 heteroatoms. The largest absolute Gasteiger partial charge is 0.469 e. The van der Waals surface area contributed by atoms with Gasteiger partial charge in [0.1, 0.15) is 0 Å². The summed E-state index contributed by atoms with van der Waals surface area (Å²) in [7, 11) is 1.42. The molecule has 0 bridgehead atoms. The number of ether oxygens (including phenoxy) is 1. The summed E-state index contributed by atoms with van der Waals surface area (Å²) in [5.41, 5.74) is 1.21.